The summed E-state index contributed by atoms with van der Waals surface area (Å²) in [5.41, 5.74) is 12.3. The minimum atomic E-state index is -1.18. The largest absolute Gasteiger partial charge is 0.478 e. The molecule has 0 aromatic heterocycles. The van der Waals surface area contributed by atoms with E-state index in [1.54, 1.807) is 6.07 Å². The van der Waals surface area contributed by atoms with Gasteiger partial charge in [0.25, 0.3) is 11.8 Å². The van der Waals surface area contributed by atoms with Crippen molar-refractivity contribution < 1.29 is 19.5 Å². The second-order valence-corrected chi connectivity index (χ2v) is 4.83. The van der Waals surface area contributed by atoms with Gasteiger partial charge in [-0.05, 0) is 36.4 Å². The molecule has 2 aromatic rings. The van der Waals surface area contributed by atoms with Crippen molar-refractivity contribution in [3.05, 3.63) is 53.1 Å². The first-order chi connectivity index (χ1) is 10.4. The van der Waals surface area contributed by atoms with Crippen molar-refractivity contribution in [2.75, 3.05) is 16.4 Å². The van der Waals surface area contributed by atoms with E-state index in [2.05, 4.69) is 0 Å². The first-order valence-corrected chi connectivity index (χ1v) is 6.31. The van der Waals surface area contributed by atoms with Gasteiger partial charge in [-0.15, -0.1) is 0 Å². The van der Waals surface area contributed by atoms with Crippen LogP contribution in [0.3, 0.4) is 0 Å². The molecule has 0 bridgehead atoms. The molecule has 0 aliphatic carbocycles. The van der Waals surface area contributed by atoms with Crippen LogP contribution in [0, 0.1) is 0 Å². The topological polar surface area (TPSA) is 127 Å². The van der Waals surface area contributed by atoms with Crippen LogP contribution in [0.15, 0.2) is 36.4 Å². The van der Waals surface area contributed by atoms with E-state index in [1.165, 1.54) is 30.3 Å². The van der Waals surface area contributed by atoms with E-state index < -0.39 is 17.8 Å². The summed E-state index contributed by atoms with van der Waals surface area (Å²) in [6.45, 7) is 0. The third-order valence-electron chi connectivity index (χ3n) is 3.43. The zero-order valence-corrected chi connectivity index (χ0v) is 11.2. The maximum absolute atomic E-state index is 12.5. The number of carboxylic acid groups (broad SMARTS) is 1. The Morgan fingerprint density at radius 2 is 1.64 bits per heavy atom. The average Bonchev–Trinajstić information content (AvgIpc) is 2.73. The molecule has 22 heavy (non-hydrogen) atoms. The Morgan fingerprint density at radius 3 is 2.32 bits per heavy atom. The summed E-state index contributed by atoms with van der Waals surface area (Å²) >= 11 is 0. The van der Waals surface area contributed by atoms with Gasteiger partial charge in [0.2, 0.25) is 0 Å². The maximum atomic E-state index is 12.5. The van der Waals surface area contributed by atoms with Crippen LogP contribution < -0.4 is 16.4 Å². The number of hydrogen-bond donors (Lipinski definition) is 3. The number of rotatable bonds is 2. The second-order valence-electron chi connectivity index (χ2n) is 4.83. The second kappa shape index (κ2) is 4.59. The van der Waals surface area contributed by atoms with Crippen LogP contribution in [0.5, 0.6) is 0 Å². The van der Waals surface area contributed by atoms with Crippen molar-refractivity contribution in [1.29, 1.82) is 0 Å². The van der Waals surface area contributed by atoms with Gasteiger partial charge in [0.1, 0.15) is 0 Å². The average molecular weight is 297 g/mol. The molecule has 1 aliphatic heterocycles. The lowest BCUT2D eigenvalue weighted by Gasteiger charge is -2.16. The van der Waals surface area contributed by atoms with Crippen LogP contribution in [0.1, 0.15) is 31.1 Å². The third-order valence-corrected chi connectivity index (χ3v) is 3.43. The molecule has 110 valence electrons. The lowest BCUT2D eigenvalue weighted by molar-refractivity contribution is 0.0696. The van der Waals surface area contributed by atoms with Gasteiger partial charge in [-0.1, -0.05) is 0 Å². The molecule has 5 N–H and O–H groups in total. The molecule has 0 radical (unpaired) electrons. The lowest BCUT2D eigenvalue weighted by Crippen LogP contribution is -2.30. The number of aromatic carboxylic acids is 1. The molecule has 0 unspecified atom stereocenters. The summed E-state index contributed by atoms with van der Waals surface area (Å²) in [7, 11) is 0. The number of benzene rings is 2. The van der Waals surface area contributed by atoms with Gasteiger partial charge >= 0.3 is 5.97 Å². The Morgan fingerprint density at radius 1 is 0.955 bits per heavy atom. The summed E-state index contributed by atoms with van der Waals surface area (Å²) in [5, 5.41) is 8.99. The summed E-state index contributed by atoms with van der Waals surface area (Å²) in [6.07, 6.45) is 0. The first-order valence-electron chi connectivity index (χ1n) is 6.31. The molecule has 7 nitrogen and oxygen atoms in total. The molecular formula is C15H11N3O4. The number of carbonyl (C=O) groups excluding carboxylic acids is 2. The standard InChI is InChI=1S/C15H11N3O4/c16-8-2-4-11(17)12(6-8)18-13(19)9-3-1-7(15(21)22)5-10(9)14(18)20/h1-6H,16-17H2,(H,21,22). The molecule has 3 rings (SSSR count). The van der Waals surface area contributed by atoms with E-state index in [-0.39, 0.29) is 28.1 Å². The molecule has 2 amide bonds. The first kappa shape index (κ1) is 13.6. The molecule has 0 fully saturated rings. The van der Waals surface area contributed by atoms with Gasteiger partial charge in [-0.2, -0.15) is 0 Å². The molecule has 7 heteroatoms. The number of carbonyl (C=O) groups is 3. The smallest absolute Gasteiger partial charge is 0.335 e. The van der Waals surface area contributed by atoms with Gasteiger partial charge in [0.05, 0.1) is 28.1 Å². The molecule has 1 aliphatic rings. The fraction of sp³-hybridized carbons (Fsp3) is 0. The van der Waals surface area contributed by atoms with Crippen LogP contribution >= 0.6 is 0 Å². The number of carboxylic acids is 1. The van der Waals surface area contributed by atoms with Crippen molar-refractivity contribution >= 4 is 34.8 Å². The Balaban J connectivity index is 2.14. The molecule has 0 saturated heterocycles. The van der Waals surface area contributed by atoms with E-state index in [1.807, 2.05) is 0 Å². The number of nitrogen functional groups attached to an aromatic ring is 2. The monoisotopic (exact) mass is 297 g/mol. The lowest BCUT2D eigenvalue weighted by atomic mass is 10.1. The molecule has 1 heterocycles. The number of imide groups is 1. The highest BCUT2D eigenvalue weighted by Crippen LogP contribution is 2.33. The van der Waals surface area contributed by atoms with Crippen LogP contribution in [0.2, 0.25) is 0 Å². The van der Waals surface area contributed by atoms with E-state index in [0.717, 1.165) is 4.90 Å². The zero-order chi connectivity index (χ0) is 16.0. The van der Waals surface area contributed by atoms with E-state index in [4.69, 9.17) is 16.6 Å². The van der Waals surface area contributed by atoms with Gasteiger partial charge in [-0.25, -0.2) is 9.69 Å². The number of anilines is 3. The van der Waals surface area contributed by atoms with Gasteiger partial charge < -0.3 is 16.6 Å². The van der Waals surface area contributed by atoms with Crippen molar-refractivity contribution in [2.45, 2.75) is 0 Å². The Labute approximate surface area is 124 Å². The predicted molar refractivity (Wildman–Crippen MR) is 79.8 cm³/mol. The van der Waals surface area contributed by atoms with Crippen LogP contribution in [0.4, 0.5) is 17.1 Å². The van der Waals surface area contributed by atoms with Crippen molar-refractivity contribution in [3.8, 4) is 0 Å². The highest BCUT2D eigenvalue weighted by atomic mass is 16.4. The minimum Gasteiger partial charge on any atom is -0.478 e. The summed E-state index contributed by atoms with van der Waals surface area (Å²) in [5.74, 6) is -2.36. The highest BCUT2D eigenvalue weighted by Gasteiger charge is 2.38. The molecule has 2 aromatic carbocycles. The van der Waals surface area contributed by atoms with Crippen LogP contribution in [-0.2, 0) is 0 Å². The number of hydrogen-bond acceptors (Lipinski definition) is 5. The molecular weight excluding hydrogens is 286 g/mol. The number of amides is 2. The van der Waals surface area contributed by atoms with Crippen LogP contribution in [-0.4, -0.2) is 22.9 Å². The SMILES string of the molecule is Nc1ccc(N)c(N2C(=O)c3ccc(C(=O)O)cc3C2=O)c1. The normalized spacial score (nSPS) is 13.4. The van der Waals surface area contributed by atoms with Gasteiger partial charge in [0.15, 0.2) is 0 Å². The molecule has 0 saturated carbocycles. The Hall–Kier alpha value is -3.35. The Kier molecular flexibility index (Phi) is 2.84. The quantitative estimate of drug-likeness (QED) is 0.567. The minimum absolute atomic E-state index is 0.0340. The summed E-state index contributed by atoms with van der Waals surface area (Å²) in [4.78, 5) is 36.8. The summed E-state index contributed by atoms with van der Waals surface area (Å²) < 4.78 is 0. The molecule has 0 atom stereocenters. The summed E-state index contributed by atoms with van der Waals surface area (Å²) in [6, 6.07) is 8.26. The zero-order valence-electron chi connectivity index (χ0n) is 11.2. The van der Waals surface area contributed by atoms with Crippen LogP contribution in [0.25, 0.3) is 0 Å². The van der Waals surface area contributed by atoms with Crippen molar-refractivity contribution in [2.24, 2.45) is 0 Å². The van der Waals surface area contributed by atoms with Crippen molar-refractivity contribution in [1.82, 2.24) is 0 Å². The van der Waals surface area contributed by atoms with Gasteiger partial charge in [0, 0.05) is 5.69 Å². The number of nitrogens with two attached hydrogens (primary N) is 2. The molecule has 0 spiro atoms. The fourth-order valence-electron chi connectivity index (χ4n) is 2.35. The van der Waals surface area contributed by atoms with E-state index in [0.29, 0.717) is 5.69 Å². The highest BCUT2D eigenvalue weighted by molar-refractivity contribution is 6.35. The fourth-order valence-corrected chi connectivity index (χ4v) is 2.35. The maximum Gasteiger partial charge on any atom is 0.335 e. The van der Waals surface area contributed by atoms with Gasteiger partial charge in [-0.3, -0.25) is 9.59 Å². The van der Waals surface area contributed by atoms with Crippen molar-refractivity contribution in [3.63, 3.8) is 0 Å². The predicted octanol–water partition coefficient (Wildman–Crippen LogP) is 1.35. The Bertz CT molecular complexity index is 845. The number of nitrogens with zero attached hydrogens (tertiary/aromatic N) is 1. The van der Waals surface area contributed by atoms with E-state index in [9.17, 15) is 14.4 Å². The third kappa shape index (κ3) is 1.87. The van der Waals surface area contributed by atoms with E-state index >= 15 is 0 Å². The number of fused-ring (bicyclic) bond motifs is 1.